The first-order valence-corrected chi connectivity index (χ1v) is 9.49. The molecule has 0 atom stereocenters. The maximum atomic E-state index is 12.7. The molecule has 0 unspecified atom stereocenters. The predicted octanol–water partition coefficient (Wildman–Crippen LogP) is 4.60. The smallest absolute Gasteiger partial charge is 0.390 e. The van der Waals surface area contributed by atoms with Gasteiger partial charge in [0.25, 0.3) is 0 Å². The van der Waals surface area contributed by atoms with Crippen molar-refractivity contribution in [3.05, 3.63) is 48.0 Å². The van der Waals surface area contributed by atoms with Crippen molar-refractivity contribution in [1.29, 1.82) is 0 Å². The van der Waals surface area contributed by atoms with E-state index in [4.69, 9.17) is 0 Å². The van der Waals surface area contributed by atoms with E-state index in [-0.39, 0.29) is 6.04 Å². The van der Waals surface area contributed by atoms with Crippen molar-refractivity contribution >= 4 is 23.1 Å². The highest BCUT2D eigenvalue weighted by Gasteiger charge is 2.30. The zero-order valence-corrected chi connectivity index (χ0v) is 15.9. The standard InChI is InChI=1S/C20H22F3N5O/c1-19(29)11-9-15(10-12-19)24-16-3-2-4-17-26-18(27-28(16)17)25-14-7-5-13(6-8-14)20(21,22)23/h2-8,15,24,29H,9-12H2,1H3,(H,25,27)/t15-,19-. The Morgan fingerprint density at radius 3 is 2.45 bits per heavy atom. The molecule has 0 aliphatic heterocycles. The van der Waals surface area contributed by atoms with Gasteiger partial charge < -0.3 is 15.7 Å². The predicted molar refractivity (Wildman–Crippen MR) is 104 cm³/mol. The fourth-order valence-electron chi connectivity index (χ4n) is 3.53. The Bertz CT molecular complexity index is 988. The summed E-state index contributed by atoms with van der Waals surface area (Å²) in [6, 6.07) is 10.5. The number of aromatic nitrogens is 3. The Kier molecular flexibility index (Phi) is 4.85. The van der Waals surface area contributed by atoms with Gasteiger partial charge in [0.05, 0.1) is 11.2 Å². The SMILES string of the molecule is C[C@]1(O)CC[C@H](Nc2cccc3nc(Nc4ccc(C(F)(F)F)cc4)nn23)CC1. The summed E-state index contributed by atoms with van der Waals surface area (Å²) in [5.41, 5.74) is -0.218. The third-order valence-corrected chi connectivity index (χ3v) is 5.24. The van der Waals surface area contributed by atoms with Gasteiger partial charge in [-0.25, -0.2) is 0 Å². The second-order valence-corrected chi connectivity index (χ2v) is 7.73. The number of nitrogens with zero attached hydrogens (tertiary/aromatic N) is 3. The highest BCUT2D eigenvalue weighted by molar-refractivity contribution is 5.58. The molecule has 2 aromatic heterocycles. The van der Waals surface area contributed by atoms with Gasteiger partial charge in [0, 0.05) is 11.7 Å². The monoisotopic (exact) mass is 405 g/mol. The normalized spacial score (nSPS) is 22.6. The molecule has 1 aliphatic carbocycles. The van der Waals surface area contributed by atoms with Crippen LogP contribution in [0.1, 0.15) is 38.2 Å². The number of benzene rings is 1. The Hall–Kier alpha value is -2.81. The average Bonchev–Trinajstić information content (AvgIpc) is 3.06. The van der Waals surface area contributed by atoms with Crippen LogP contribution in [0.2, 0.25) is 0 Å². The van der Waals surface area contributed by atoms with Gasteiger partial charge in [0.2, 0.25) is 5.95 Å². The van der Waals surface area contributed by atoms with Crippen molar-refractivity contribution in [2.24, 2.45) is 0 Å². The lowest BCUT2D eigenvalue weighted by Crippen LogP contribution is -2.36. The van der Waals surface area contributed by atoms with Gasteiger partial charge in [-0.05, 0) is 69.0 Å². The topological polar surface area (TPSA) is 74.5 Å². The fraction of sp³-hybridized carbons (Fsp3) is 0.400. The van der Waals surface area contributed by atoms with Gasteiger partial charge in [-0.2, -0.15) is 22.7 Å². The van der Waals surface area contributed by atoms with Crippen LogP contribution in [-0.4, -0.2) is 31.3 Å². The highest BCUT2D eigenvalue weighted by Crippen LogP contribution is 2.31. The number of pyridine rings is 1. The van der Waals surface area contributed by atoms with Crippen molar-refractivity contribution in [2.45, 2.75) is 50.4 Å². The summed E-state index contributed by atoms with van der Waals surface area (Å²) in [4.78, 5) is 4.39. The quantitative estimate of drug-likeness (QED) is 0.592. The lowest BCUT2D eigenvalue weighted by atomic mass is 9.84. The van der Waals surface area contributed by atoms with Crippen molar-refractivity contribution in [1.82, 2.24) is 14.6 Å². The van der Waals surface area contributed by atoms with Crippen LogP contribution in [0.15, 0.2) is 42.5 Å². The van der Waals surface area contributed by atoms with Gasteiger partial charge in [-0.3, -0.25) is 0 Å². The molecule has 0 radical (unpaired) electrons. The molecule has 1 aromatic carbocycles. The zero-order chi connectivity index (χ0) is 20.6. The zero-order valence-electron chi connectivity index (χ0n) is 15.9. The summed E-state index contributed by atoms with van der Waals surface area (Å²) in [6.45, 7) is 1.86. The van der Waals surface area contributed by atoms with E-state index in [1.165, 1.54) is 12.1 Å². The number of anilines is 3. The molecule has 0 bridgehead atoms. The van der Waals surface area contributed by atoms with Gasteiger partial charge in [-0.15, -0.1) is 5.10 Å². The molecule has 1 fully saturated rings. The molecule has 1 aliphatic rings. The number of hydrogen-bond donors (Lipinski definition) is 3. The Morgan fingerprint density at radius 2 is 1.79 bits per heavy atom. The molecular weight excluding hydrogens is 383 g/mol. The number of nitrogens with one attached hydrogen (secondary N) is 2. The van der Waals surface area contributed by atoms with E-state index in [1.54, 1.807) is 4.52 Å². The third kappa shape index (κ3) is 4.45. The highest BCUT2D eigenvalue weighted by atomic mass is 19.4. The minimum absolute atomic E-state index is 0.233. The van der Waals surface area contributed by atoms with Crippen LogP contribution < -0.4 is 10.6 Å². The molecule has 0 amide bonds. The number of rotatable bonds is 4. The summed E-state index contributed by atoms with van der Waals surface area (Å²) in [6.07, 6.45) is -1.19. The maximum absolute atomic E-state index is 12.7. The van der Waals surface area contributed by atoms with Crippen LogP contribution >= 0.6 is 0 Å². The number of fused-ring (bicyclic) bond motifs is 1. The first kappa shape index (κ1) is 19.5. The molecule has 0 spiro atoms. The van der Waals surface area contributed by atoms with Crippen molar-refractivity contribution in [2.75, 3.05) is 10.6 Å². The first-order chi connectivity index (χ1) is 13.7. The first-order valence-electron chi connectivity index (χ1n) is 9.49. The summed E-state index contributed by atoms with van der Waals surface area (Å²) in [5, 5.41) is 20.9. The molecule has 29 heavy (non-hydrogen) atoms. The molecule has 9 heteroatoms. The van der Waals surface area contributed by atoms with E-state index in [0.29, 0.717) is 17.3 Å². The van der Waals surface area contributed by atoms with E-state index in [1.807, 2.05) is 25.1 Å². The average molecular weight is 405 g/mol. The fourth-order valence-corrected chi connectivity index (χ4v) is 3.53. The van der Waals surface area contributed by atoms with E-state index < -0.39 is 17.3 Å². The number of halogens is 3. The lowest BCUT2D eigenvalue weighted by Gasteiger charge is -2.33. The van der Waals surface area contributed by atoms with Crippen LogP contribution in [0.4, 0.5) is 30.6 Å². The van der Waals surface area contributed by atoms with E-state index in [2.05, 4.69) is 20.7 Å². The van der Waals surface area contributed by atoms with Crippen LogP contribution in [0, 0.1) is 0 Å². The van der Waals surface area contributed by atoms with Crippen LogP contribution in [-0.2, 0) is 6.18 Å². The summed E-state index contributed by atoms with van der Waals surface area (Å²) < 4.78 is 39.8. The number of hydrogen-bond acceptors (Lipinski definition) is 5. The molecule has 4 rings (SSSR count). The van der Waals surface area contributed by atoms with Gasteiger partial charge >= 0.3 is 6.18 Å². The largest absolute Gasteiger partial charge is 0.416 e. The molecule has 0 saturated heterocycles. The molecule has 154 valence electrons. The summed E-state index contributed by atoms with van der Waals surface area (Å²) in [5.74, 6) is 1.08. The van der Waals surface area contributed by atoms with E-state index >= 15 is 0 Å². The van der Waals surface area contributed by atoms with Crippen molar-refractivity contribution in [3.8, 4) is 0 Å². The second-order valence-electron chi connectivity index (χ2n) is 7.73. The maximum Gasteiger partial charge on any atom is 0.416 e. The van der Waals surface area contributed by atoms with Gasteiger partial charge in [0.1, 0.15) is 5.82 Å². The minimum Gasteiger partial charge on any atom is -0.390 e. The van der Waals surface area contributed by atoms with E-state index in [0.717, 1.165) is 43.6 Å². The number of aliphatic hydroxyl groups is 1. The molecule has 6 nitrogen and oxygen atoms in total. The molecular formula is C20H22F3N5O. The Morgan fingerprint density at radius 1 is 1.10 bits per heavy atom. The summed E-state index contributed by atoms with van der Waals surface area (Å²) >= 11 is 0. The van der Waals surface area contributed by atoms with Crippen molar-refractivity contribution in [3.63, 3.8) is 0 Å². The third-order valence-electron chi connectivity index (χ3n) is 5.24. The Labute approximate surface area is 165 Å². The lowest BCUT2D eigenvalue weighted by molar-refractivity contribution is -0.137. The number of alkyl halides is 3. The van der Waals surface area contributed by atoms with Gasteiger partial charge in [-0.1, -0.05) is 6.07 Å². The molecule has 3 aromatic rings. The molecule has 3 N–H and O–H groups in total. The van der Waals surface area contributed by atoms with Crippen LogP contribution in [0.3, 0.4) is 0 Å². The van der Waals surface area contributed by atoms with Crippen LogP contribution in [0.25, 0.3) is 5.65 Å². The minimum atomic E-state index is -4.37. The van der Waals surface area contributed by atoms with Crippen LogP contribution in [0.5, 0.6) is 0 Å². The molecule has 2 heterocycles. The molecule has 1 saturated carbocycles. The van der Waals surface area contributed by atoms with Crippen molar-refractivity contribution < 1.29 is 18.3 Å². The second kappa shape index (κ2) is 7.22. The summed E-state index contributed by atoms with van der Waals surface area (Å²) in [7, 11) is 0. The van der Waals surface area contributed by atoms with E-state index in [9.17, 15) is 18.3 Å². The Balaban J connectivity index is 1.50. The van der Waals surface area contributed by atoms with Gasteiger partial charge in [0.15, 0.2) is 5.65 Å².